The summed E-state index contributed by atoms with van der Waals surface area (Å²) in [4.78, 5) is 5.45. The number of benzene rings is 2. The molecular weight excluding hydrogens is 262 g/mol. The molecule has 2 aromatic rings. The maximum absolute atomic E-state index is 6.03. The minimum Gasteiger partial charge on any atom is -0.237 e. The van der Waals surface area contributed by atoms with Crippen molar-refractivity contribution < 1.29 is 0 Å². The lowest BCUT2D eigenvalue weighted by Crippen LogP contribution is -1.77. The minimum absolute atomic E-state index is 0.477. The van der Waals surface area contributed by atoms with Gasteiger partial charge in [0.05, 0.1) is 5.69 Å². The largest absolute Gasteiger partial charge is 0.237 e. The molecule has 0 spiro atoms. The average Bonchev–Trinajstić information content (AvgIpc) is 2.41. The van der Waals surface area contributed by atoms with E-state index in [2.05, 4.69) is 17.1 Å². The predicted octanol–water partition coefficient (Wildman–Crippen LogP) is 5.26. The van der Waals surface area contributed by atoms with Gasteiger partial charge in [-0.1, -0.05) is 59.8 Å². The van der Waals surface area contributed by atoms with Crippen molar-refractivity contribution in [2.24, 2.45) is 4.99 Å². The topological polar surface area (TPSA) is 12.4 Å². The fraction of sp³-hybridized carbons (Fsp3) is 0. The molecule has 0 atom stereocenters. The second-order valence-electron chi connectivity index (χ2n) is 3.50. The fourth-order valence-electron chi connectivity index (χ4n) is 1.33. The molecule has 0 fully saturated rings. The summed E-state index contributed by atoms with van der Waals surface area (Å²) in [5.74, 6) is 0. The van der Waals surface area contributed by atoms with E-state index < -0.39 is 0 Å². The Morgan fingerprint density at radius 2 is 1.56 bits per heavy atom. The highest BCUT2D eigenvalue weighted by Gasteiger charge is 1.91. The lowest BCUT2D eigenvalue weighted by atomic mass is 10.3. The van der Waals surface area contributed by atoms with E-state index in [0.29, 0.717) is 5.17 Å². The first-order chi connectivity index (χ1) is 8.84. The molecule has 0 N–H and O–H groups in total. The molecule has 2 rings (SSSR count). The maximum Gasteiger partial charge on any atom is 0.130 e. The molecule has 0 aliphatic heterocycles. The molecule has 0 saturated heterocycles. The van der Waals surface area contributed by atoms with Gasteiger partial charge in [-0.25, -0.2) is 4.99 Å². The van der Waals surface area contributed by atoms with Gasteiger partial charge in [0.2, 0.25) is 0 Å². The fourth-order valence-corrected chi connectivity index (χ4v) is 2.23. The van der Waals surface area contributed by atoms with Crippen LogP contribution in [0.3, 0.4) is 0 Å². The number of allylic oxidation sites excluding steroid dienone is 1. The van der Waals surface area contributed by atoms with Crippen LogP contribution in [0.5, 0.6) is 0 Å². The Balaban J connectivity index is 1.95. The monoisotopic (exact) mass is 273 g/mol. The van der Waals surface area contributed by atoms with Gasteiger partial charge in [-0.05, 0) is 35.7 Å². The number of hydrogen-bond acceptors (Lipinski definition) is 2. The van der Waals surface area contributed by atoms with E-state index in [4.69, 9.17) is 11.6 Å². The molecule has 1 nitrogen and oxygen atoms in total. The molecule has 0 aromatic heterocycles. The first-order valence-electron chi connectivity index (χ1n) is 5.52. The summed E-state index contributed by atoms with van der Waals surface area (Å²) in [5, 5.41) is 2.41. The lowest BCUT2D eigenvalue weighted by molar-refractivity contribution is 1.47. The molecular formula is C15H12ClNS. The third-order valence-electron chi connectivity index (χ3n) is 2.15. The zero-order valence-electron chi connectivity index (χ0n) is 9.66. The number of para-hydroxylation sites is 1. The van der Waals surface area contributed by atoms with Crippen molar-refractivity contribution in [1.29, 1.82) is 0 Å². The van der Waals surface area contributed by atoms with Crippen molar-refractivity contribution in [3.63, 3.8) is 0 Å². The highest BCUT2D eigenvalue weighted by atomic mass is 35.5. The molecule has 0 aliphatic carbocycles. The molecule has 0 unspecified atom stereocenters. The number of hydrogen-bond donors (Lipinski definition) is 0. The maximum atomic E-state index is 6.03. The van der Waals surface area contributed by atoms with Gasteiger partial charge in [0.1, 0.15) is 5.17 Å². The van der Waals surface area contributed by atoms with E-state index in [9.17, 15) is 0 Å². The SMILES string of the molecule is ClC(/C=C/Sc1ccccc1)=N/c1ccccc1. The van der Waals surface area contributed by atoms with Crippen LogP contribution in [-0.2, 0) is 0 Å². The normalized spacial score (nSPS) is 11.9. The van der Waals surface area contributed by atoms with Crippen LogP contribution in [0.25, 0.3) is 0 Å². The quantitative estimate of drug-likeness (QED) is 0.547. The summed E-state index contributed by atoms with van der Waals surface area (Å²) in [6, 6.07) is 19.8. The van der Waals surface area contributed by atoms with Crippen molar-refractivity contribution in [2.75, 3.05) is 0 Å². The number of thioether (sulfide) groups is 1. The van der Waals surface area contributed by atoms with Crippen molar-refractivity contribution in [3.05, 3.63) is 72.1 Å². The van der Waals surface area contributed by atoms with Crippen molar-refractivity contribution in [2.45, 2.75) is 4.90 Å². The van der Waals surface area contributed by atoms with Crippen LogP contribution in [0.2, 0.25) is 0 Å². The number of rotatable bonds is 4. The number of nitrogens with zero attached hydrogens (tertiary/aromatic N) is 1. The van der Waals surface area contributed by atoms with E-state index >= 15 is 0 Å². The predicted molar refractivity (Wildman–Crippen MR) is 80.8 cm³/mol. The van der Waals surface area contributed by atoms with Gasteiger partial charge in [0.15, 0.2) is 0 Å². The highest BCUT2D eigenvalue weighted by molar-refractivity contribution is 8.02. The van der Waals surface area contributed by atoms with Gasteiger partial charge in [0.25, 0.3) is 0 Å². The van der Waals surface area contributed by atoms with Gasteiger partial charge in [-0.2, -0.15) is 0 Å². The summed E-state index contributed by atoms with van der Waals surface area (Å²) in [5.41, 5.74) is 0.858. The molecule has 0 heterocycles. The van der Waals surface area contributed by atoms with E-state index in [1.165, 1.54) is 4.90 Å². The van der Waals surface area contributed by atoms with Gasteiger partial charge in [-0.3, -0.25) is 0 Å². The van der Waals surface area contributed by atoms with Crippen LogP contribution in [0.15, 0.2) is 82.0 Å². The minimum atomic E-state index is 0.477. The lowest BCUT2D eigenvalue weighted by Gasteiger charge is -1.94. The molecule has 0 amide bonds. The van der Waals surface area contributed by atoms with Crippen LogP contribution in [0.4, 0.5) is 5.69 Å². The van der Waals surface area contributed by atoms with Crippen LogP contribution >= 0.6 is 23.4 Å². The van der Waals surface area contributed by atoms with E-state index in [1.807, 2.05) is 53.9 Å². The molecule has 18 heavy (non-hydrogen) atoms. The van der Waals surface area contributed by atoms with Crippen molar-refractivity contribution in [3.8, 4) is 0 Å². The van der Waals surface area contributed by atoms with Gasteiger partial charge in [0, 0.05) is 4.90 Å². The Kier molecular flexibility index (Phi) is 5.06. The smallest absolute Gasteiger partial charge is 0.130 e. The molecule has 90 valence electrons. The zero-order chi connectivity index (χ0) is 12.6. The second kappa shape index (κ2) is 7.04. The van der Waals surface area contributed by atoms with Crippen molar-refractivity contribution >= 4 is 34.2 Å². The van der Waals surface area contributed by atoms with Crippen LogP contribution in [-0.4, -0.2) is 5.17 Å². The number of halogens is 1. The summed E-state index contributed by atoms with van der Waals surface area (Å²) < 4.78 is 0. The third-order valence-corrected chi connectivity index (χ3v) is 3.17. The standard InChI is InChI=1S/C15H12ClNS/c16-15(17-13-7-3-1-4-8-13)11-12-18-14-9-5-2-6-10-14/h1-12H/b12-11+,17-15+. The van der Waals surface area contributed by atoms with Gasteiger partial charge >= 0.3 is 0 Å². The van der Waals surface area contributed by atoms with E-state index in [-0.39, 0.29) is 0 Å². The molecule has 0 bridgehead atoms. The van der Waals surface area contributed by atoms with Gasteiger partial charge < -0.3 is 0 Å². The molecule has 0 radical (unpaired) electrons. The summed E-state index contributed by atoms with van der Waals surface area (Å²) >= 11 is 7.64. The summed E-state index contributed by atoms with van der Waals surface area (Å²) in [7, 11) is 0. The average molecular weight is 274 g/mol. The summed E-state index contributed by atoms with van der Waals surface area (Å²) in [6.45, 7) is 0. The van der Waals surface area contributed by atoms with Crippen LogP contribution in [0, 0.1) is 0 Å². The van der Waals surface area contributed by atoms with E-state index in [1.54, 1.807) is 17.8 Å². The molecule has 2 aromatic carbocycles. The second-order valence-corrected chi connectivity index (χ2v) is 4.87. The zero-order valence-corrected chi connectivity index (χ0v) is 11.2. The van der Waals surface area contributed by atoms with Gasteiger partial charge in [-0.15, -0.1) is 0 Å². The molecule has 0 aliphatic rings. The Hall–Kier alpha value is -1.51. The highest BCUT2D eigenvalue weighted by Crippen LogP contribution is 2.19. The van der Waals surface area contributed by atoms with E-state index in [0.717, 1.165) is 5.69 Å². The number of aliphatic imine (C=N–C) groups is 1. The first kappa shape index (κ1) is 12.9. The van der Waals surface area contributed by atoms with Crippen LogP contribution in [0.1, 0.15) is 0 Å². The third kappa shape index (κ3) is 4.40. The Labute approximate surface area is 116 Å². The van der Waals surface area contributed by atoms with Crippen LogP contribution < -0.4 is 0 Å². The molecule has 0 saturated carbocycles. The first-order valence-corrected chi connectivity index (χ1v) is 6.78. The Bertz CT molecular complexity index is 535. The Morgan fingerprint density at radius 1 is 0.944 bits per heavy atom. The Morgan fingerprint density at radius 3 is 2.22 bits per heavy atom. The summed E-state index contributed by atoms with van der Waals surface area (Å²) in [6.07, 6.45) is 1.80. The molecule has 3 heteroatoms. The van der Waals surface area contributed by atoms with Crippen molar-refractivity contribution in [1.82, 2.24) is 0 Å².